The van der Waals surface area contributed by atoms with Gasteiger partial charge in [0.05, 0.1) is 28.9 Å². The average molecular weight is 640 g/mol. The number of likely N-dealkylation sites (tertiary alicyclic amines) is 1. The van der Waals surface area contributed by atoms with Crippen LogP contribution in [0.1, 0.15) is 38.5 Å². The number of ether oxygens (including phenoxy) is 1. The number of thioether (sulfide) groups is 1. The van der Waals surface area contributed by atoms with Crippen LogP contribution in [0.3, 0.4) is 0 Å². The van der Waals surface area contributed by atoms with Crippen LogP contribution >= 0.6 is 11.8 Å². The Kier molecular flexibility index (Phi) is 9.86. The number of nitriles is 1. The maximum absolute atomic E-state index is 13.4. The second kappa shape index (κ2) is 13.8. The molecule has 0 aliphatic carbocycles. The van der Waals surface area contributed by atoms with Crippen molar-refractivity contribution >= 4 is 29.0 Å². The van der Waals surface area contributed by atoms with Crippen molar-refractivity contribution in [3.05, 3.63) is 54.6 Å². The Hall–Kier alpha value is -4.26. The highest BCUT2D eigenvalue weighted by molar-refractivity contribution is 7.98. The molecule has 1 saturated heterocycles. The Morgan fingerprint density at radius 2 is 2.09 bits per heavy atom. The van der Waals surface area contributed by atoms with E-state index in [2.05, 4.69) is 31.9 Å². The molecule has 15 heteroatoms. The number of alkyl halides is 2. The van der Waals surface area contributed by atoms with Crippen molar-refractivity contribution in [1.82, 2.24) is 34.6 Å². The molecule has 0 radical (unpaired) electrons. The molecule has 1 atom stereocenters. The van der Waals surface area contributed by atoms with Crippen LogP contribution < -0.4 is 15.4 Å². The zero-order valence-electron chi connectivity index (χ0n) is 25.2. The van der Waals surface area contributed by atoms with Gasteiger partial charge in [-0.1, -0.05) is 0 Å². The highest BCUT2D eigenvalue weighted by Crippen LogP contribution is 2.38. The third kappa shape index (κ3) is 7.70. The molecule has 4 aromatic rings. The fraction of sp³-hybridized carbons (Fsp3) is 0.433. The molecule has 1 aliphatic heterocycles. The lowest BCUT2D eigenvalue weighted by molar-refractivity contribution is -0.133. The van der Waals surface area contributed by atoms with E-state index >= 15 is 0 Å². The molecular weight excluding hydrogens is 604 g/mol. The highest BCUT2D eigenvalue weighted by Gasteiger charge is 2.27. The number of anilines is 1. The number of carbonyl (C=O) groups excluding carboxylic acids is 1. The van der Waals surface area contributed by atoms with E-state index in [1.807, 2.05) is 20.1 Å². The van der Waals surface area contributed by atoms with Crippen molar-refractivity contribution in [2.24, 2.45) is 5.41 Å². The van der Waals surface area contributed by atoms with Gasteiger partial charge in [-0.05, 0) is 57.2 Å². The number of benzene rings is 1. The first kappa shape index (κ1) is 32.1. The molecule has 3 N–H and O–H groups in total. The highest BCUT2D eigenvalue weighted by atomic mass is 32.2. The van der Waals surface area contributed by atoms with E-state index in [0.717, 1.165) is 17.7 Å². The molecule has 1 fully saturated rings. The number of piperidine rings is 1. The summed E-state index contributed by atoms with van der Waals surface area (Å²) in [6, 6.07) is 9.00. The third-order valence-electron chi connectivity index (χ3n) is 7.59. The van der Waals surface area contributed by atoms with Crippen molar-refractivity contribution in [1.29, 1.82) is 5.26 Å². The Morgan fingerprint density at radius 1 is 1.31 bits per heavy atom. The second-order valence-corrected chi connectivity index (χ2v) is 12.3. The van der Waals surface area contributed by atoms with Crippen molar-refractivity contribution < 1.29 is 23.4 Å². The fourth-order valence-electron chi connectivity index (χ4n) is 5.10. The van der Waals surface area contributed by atoms with Gasteiger partial charge in [0.15, 0.2) is 11.9 Å². The molecule has 0 spiro atoms. The fourth-order valence-corrected chi connectivity index (χ4v) is 5.54. The molecule has 1 unspecified atom stereocenters. The number of hydrogen-bond donors (Lipinski definition) is 3. The van der Waals surface area contributed by atoms with E-state index in [-0.39, 0.29) is 35.5 Å². The summed E-state index contributed by atoms with van der Waals surface area (Å²) in [6.07, 6.45) is 8.38. The van der Waals surface area contributed by atoms with Gasteiger partial charge < -0.3 is 25.4 Å². The second-order valence-electron chi connectivity index (χ2n) is 11.4. The number of nitrogens with zero attached hydrogens (tertiary/aromatic N) is 7. The van der Waals surface area contributed by atoms with Gasteiger partial charge in [-0.2, -0.15) is 24.2 Å². The summed E-state index contributed by atoms with van der Waals surface area (Å²) in [5.74, 6) is -0.246. The number of halogens is 2. The molecule has 1 aliphatic rings. The molecule has 3 aromatic heterocycles. The number of aromatic nitrogens is 5. The number of hydrogen-bond acceptors (Lipinski definition) is 10. The van der Waals surface area contributed by atoms with Gasteiger partial charge in [0.1, 0.15) is 18.0 Å². The number of aliphatic hydroxyl groups is 1. The molecule has 12 nitrogen and oxygen atoms in total. The molecule has 0 bridgehead atoms. The minimum atomic E-state index is -3.07. The normalized spacial score (nSPS) is 14.9. The van der Waals surface area contributed by atoms with Gasteiger partial charge in [0, 0.05) is 54.7 Å². The minimum absolute atomic E-state index is 0.0938. The van der Waals surface area contributed by atoms with Crippen molar-refractivity contribution in [2.45, 2.75) is 57.0 Å². The maximum atomic E-state index is 13.4. The average Bonchev–Trinajstić information content (AvgIpc) is 3.64. The van der Waals surface area contributed by atoms with Crippen LogP contribution in [-0.4, -0.2) is 78.8 Å². The molecule has 238 valence electrons. The summed E-state index contributed by atoms with van der Waals surface area (Å²) >= 11 is 1.42. The third-order valence-corrected chi connectivity index (χ3v) is 8.32. The first-order valence-corrected chi connectivity index (χ1v) is 15.7. The standard InChI is InChI=1S/C30H35F2N9O3S/c1-30(2,17-33)18-35-19-7-11-39(12-8-19)25(42)16-40-15-23(37-28(43)22-14-36-41-10-4-9-34-27(22)41)26(38-40)21-13-20(45-3)5-6-24(21)44-29(31)32/h4-6,9-10,13-15,19,28-29,35,37,43H,7-8,11-12,16,18H2,1-3H3. The Bertz CT molecular complexity index is 1680. The van der Waals surface area contributed by atoms with Crippen LogP contribution in [-0.2, 0) is 11.3 Å². The molecular formula is C30H35F2N9O3S. The Morgan fingerprint density at radius 3 is 2.80 bits per heavy atom. The molecule has 5 rings (SSSR count). The van der Waals surface area contributed by atoms with Crippen LogP contribution in [0.5, 0.6) is 5.75 Å². The van der Waals surface area contributed by atoms with E-state index < -0.39 is 18.3 Å². The van der Waals surface area contributed by atoms with E-state index in [1.165, 1.54) is 33.2 Å². The van der Waals surface area contributed by atoms with E-state index in [1.54, 1.807) is 41.7 Å². The van der Waals surface area contributed by atoms with Crippen LogP contribution in [0.2, 0.25) is 0 Å². The predicted molar refractivity (Wildman–Crippen MR) is 165 cm³/mol. The summed E-state index contributed by atoms with van der Waals surface area (Å²) in [4.78, 5) is 20.2. The van der Waals surface area contributed by atoms with Crippen molar-refractivity contribution in [3.63, 3.8) is 0 Å². The first-order valence-electron chi connectivity index (χ1n) is 14.4. The molecule has 4 heterocycles. The van der Waals surface area contributed by atoms with Gasteiger partial charge >= 0.3 is 6.61 Å². The van der Waals surface area contributed by atoms with Gasteiger partial charge in [-0.3, -0.25) is 9.48 Å². The number of rotatable bonds is 12. The number of fused-ring (bicyclic) bond motifs is 1. The van der Waals surface area contributed by atoms with Crippen molar-refractivity contribution in [2.75, 3.05) is 31.2 Å². The van der Waals surface area contributed by atoms with E-state index in [9.17, 15) is 23.9 Å². The zero-order chi connectivity index (χ0) is 32.1. The lowest BCUT2D eigenvalue weighted by Crippen LogP contribution is -2.47. The number of carbonyl (C=O) groups is 1. The lowest BCUT2D eigenvalue weighted by Gasteiger charge is -2.33. The number of amides is 1. The SMILES string of the molecule is CSc1ccc(OC(F)F)c(-c2nn(CC(=O)N3CCC(NCC(C)(C)C#N)CC3)cc2NC(O)c2cnn3cccnc23)c1. The minimum Gasteiger partial charge on any atom is -0.434 e. The van der Waals surface area contributed by atoms with Gasteiger partial charge in [-0.25, -0.2) is 9.50 Å². The van der Waals surface area contributed by atoms with Crippen LogP contribution in [0.25, 0.3) is 16.9 Å². The smallest absolute Gasteiger partial charge is 0.387 e. The Labute approximate surface area is 263 Å². The summed E-state index contributed by atoms with van der Waals surface area (Å²) in [5.41, 5.74) is 1.14. The summed E-state index contributed by atoms with van der Waals surface area (Å²) in [5, 5.41) is 35.7. The quantitative estimate of drug-likeness (QED) is 0.153. The van der Waals surface area contributed by atoms with Gasteiger partial charge in [-0.15, -0.1) is 11.8 Å². The van der Waals surface area contributed by atoms with Crippen LogP contribution in [0.4, 0.5) is 14.5 Å². The summed E-state index contributed by atoms with van der Waals surface area (Å²) < 4.78 is 34.5. The molecule has 0 saturated carbocycles. The number of nitrogens with one attached hydrogen (secondary N) is 2. The van der Waals surface area contributed by atoms with E-state index in [0.29, 0.717) is 36.5 Å². The van der Waals surface area contributed by atoms with E-state index in [4.69, 9.17) is 4.74 Å². The first-order chi connectivity index (χ1) is 21.6. The van der Waals surface area contributed by atoms with Crippen LogP contribution in [0, 0.1) is 16.7 Å². The lowest BCUT2D eigenvalue weighted by atomic mass is 9.94. The molecule has 1 aromatic carbocycles. The molecule has 1 amide bonds. The summed E-state index contributed by atoms with van der Waals surface area (Å²) in [7, 11) is 0. The maximum Gasteiger partial charge on any atom is 0.387 e. The summed E-state index contributed by atoms with van der Waals surface area (Å²) in [6.45, 7) is 2.26. The largest absolute Gasteiger partial charge is 0.434 e. The monoisotopic (exact) mass is 639 g/mol. The zero-order valence-corrected chi connectivity index (χ0v) is 26.0. The molecule has 45 heavy (non-hydrogen) atoms. The predicted octanol–water partition coefficient (Wildman–Crippen LogP) is 4.15. The number of aliphatic hydroxyl groups excluding tert-OH is 1. The van der Waals surface area contributed by atoms with Crippen LogP contribution in [0.15, 0.2) is 53.9 Å². The van der Waals surface area contributed by atoms with Gasteiger partial charge in [0.25, 0.3) is 0 Å². The topological polar surface area (TPSA) is 146 Å². The van der Waals surface area contributed by atoms with Gasteiger partial charge in [0.2, 0.25) is 5.91 Å². The Balaban J connectivity index is 1.39. The van der Waals surface area contributed by atoms with Crippen molar-refractivity contribution in [3.8, 4) is 23.1 Å².